The van der Waals surface area contributed by atoms with E-state index >= 15 is 0 Å². The van der Waals surface area contributed by atoms with Crippen LogP contribution in [0.5, 0.6) is 0 Å². The number of nitrogens with zero attached hydrogens (tertiary/aromatic N) is 4. The summed E-state index contributed by atoms with van der Waals surface area (Å²) in [5.74, 6) is -0.827. The highest BCUT2D eigenvalue weighted by atomic mass is 19.1. The summed E-state index contributed by atoms with van der Waals surface area (Å²) in [4.78, 5) is 23.4. The number of piperazine rings is 1. The molecule has 8 heteroatoms. The van der Waals surface area contributed by atoms with Crippen LogP contribution in [0.4, 0.5) is 10.3 Å². The molecule has 1 aromatic heterocycles. The van der Waals surface area contributed by atoms with Crippen LogP contribution in [0.2, 0.25) is 0 Å². The summed E-state index contributed by atoms with van der Waals surface area (Å²) in [7, 11) is 0. The maximum atomic E-state index is 13.3. The molecule has 0 bridgehead atoms. The second-order valence-electron chi connectivity index (χ2n) is 6.34. The molecule has 2 N–H and O–H groups in total. The van der Waals surface area contributed by atoms with E-state index in [-0.39, 0.29) is 12.4 Å². The third kappa shape index (κ3) is 5.47. The number of aliphatic carboxylic acids is 1. The lowest BCUT2D eigenvalue weighted by Crippen LogP contribution is -2.45. The first-order valence-corrected chi connectivity index (χ1v) is 8.54. The van der Waals surface area contributed by atoms with Gasteiger partial charge in [-0.15, -0.1) is 0 Å². The van der Waals surface area contributed by atoms with E-state index in [1.165, 1.54) is 6.07 Å². The number of rotatable bonds is 7. The number of hydrogen-bond donors (Lipinski definition) is 2. The van der Waals surface area contributed by atoms with Gasteiger partial charge < -0.3 is 10.4 Å². The fourth-order valence-electron chi connectivity index (χ4n) is 2.94. The van der Waals surface area contributed by atoms with E-state index in [4.69, 9.17) is 5.11 Å². The zero-order valence-electron chi connectivity index (χ0n) is 14.4. The van der Waals surface area contributed by atoms with E-state index in [0.717, 1.165) is 50.4 Å². The van der Waals surface area contributed by atoms with Gasteiger partial charge in [-0.05, 0) is 17.7 Å². The van der Waals surface area contributed by atoms with E-state index in [1.54, 1.807) is 24.5 Å². The Morgan fingerprint density at radius 1 is 1.08 bits per heavy atom. The average molecular weight is 359 g/mol. The van der Waals surface area contributed by atoms with Crippen molar-refractivity contribution in [1.82, 2.24) is 19.8 Å². The summed E-state index contributed by atoms with van der Waals surface area (Å²) in [6, 6.07) is 6.75. The van der Waals surface area contributed by atoms with Crippen LogP contribution in [-0.4, -0.2) is 63.6 Å². The van der Waals surface area contributed by atoms with Gasteiger partial charge in [0.1, 0.15) is 12.4 Å². The maximum absolute atomic E-state index is 13.3. The number of carbonyl (C=O) groups is 1. The molecule has 1 aliphatic rings. The molecular formula is C18H22FN5O2. The summed E-state index contributed by atoms with van der Waals surface area (Å²) >= 11 is 0. The number of halogens is 1. The summed E-state index contributed by atoms with van der Waals surface area (Å²) in [5.41, 5.74) is 1.99. The maximum Gasteiger partial charge on any atom is 0.322 e. The average Bonchev–Trinajstić information content (AvgIpc) is 2.63. The number of carboxylic acid groups (broad SMARTS) is 1. The second kappa shape index (κ2) is 8.68. The highest BCUT2D eigenvalue weighted by molar-refractivity contribution is 5.71. The molecule has 0 spiro atoms. The van der Waals surface area contributed by atoms with Gasteiger partial charge in [0.05, 0.1) is 0 Å². The summed E-state index contributed by atoms with van der Waals surface area (Å²) in [5, 5.41) is 11.3. The van der Waals surface area contributed by atoms with Gasteiger partial charge in [-0.1, -0.05) is 12.1 Å². The van der Waals surface area contributed by atoms with E-state index in [0.29, 0.717) is 5.95 Å². The van der Waals surface area contributed by atoms with Crippen molar-refractivity contribution in [3.63, 3.8) is 0 Å². The van der Waals surface area contributed by atoms with E-state index < -0.39 is 5.97 Å². The monoisotopic (exact) mass is 359 g/mol. The van der Waals surface area contributed by atoms with Crippen molar-refractivity contribution in [2.24, 2.45) is 0 Å². The Bertz CT molecular complexity index is 733. The van der Waals surface area contributed by atoms with Crippen molar-refractivity contribution < 1.29 is 14.3 Å². The minimum absolute atomic E-state index is 0.192. The molecule has 0 radical (unpaired) electrons. The van der Waals surface area contributed by atoms with Crippen molar-refractivity contribution in [3.05, 3.63) is 53.6 Å². The zero-order chi connectivity index (χ0) is 18.4. The lowest BCUT2D eigenvalue weighted by atomic mass is 10.2. The quantitative estimate of drug-likeness (QED) is 0.774. The van der Waals surface area contributed by atoms with Crippen molar-refractivity contribution in [2.45, 2.75) is 13.1 Å². The molecule has 0 amide bonds. The van der Waals surface area contributed by atoms with Crippen molar-refractivity contribution in [1.29, 1.82) is 0 Å². The number of hydrogen-bond acceptors (Lipinski definition) is 6. The van der Waals surface area contributed by atoms with E-state index in [1.807, 2.05) is 6.07 Å². The largest absolute Gasteiger partial charge is 0.480 e. The molecule has 0 saturated carbocycles. The lowest BCUT2D eigenvalue weighted by Gasteiger charge is -2.34. The number of anilines is 1. The van der Waals surface area contributed by atoms with Gasteiger partial charge in [0.25, 0.3) is 0 Å². The standard InChI is InChI=1S/C18H22FN5O2/c19-16-3-1-2-14(8-16)12-23-4-6-24(7-5-23)13-15-9-20-18(21-10-15)22-11-17(25)26/h1-3,8-10H,4-7,11-13H2,(H,25,26)(H,20,21,22). The smallest absolute Gasteiger partial charge is 0.322 e. The van der Waals surface area contributed by atoms with Crippen molar-refractivity contribution in [2.75, 3.05) is 38.0 Å². The Hall–Kier alpha value is -2.58. The number of nitrogens with one attached hydrogen (secondary N) is 1. The van der Waals surface area contributed by atoms with Gasteiger partial charge in [-0.2, -0.15) is 0 Å². The van der Waals surface area contributed by atoms with Crippen molar-refractivity contribution in [3.8, 4) is 0 Å². The first kappa shape index (κ1) is 18.2. The SMILES string of the molecule is O=C(O)CNc1ncc(CN2CCN(Cc3cccc(F)c3)CC2)cn1. The highest BCUT2D eigenvalue weighted by Crippen LogP contribution is 2.12. The Morgan fingerprint density at radius 3 is 2.27 bits per heavy atom. The predicted octanol–water partition coefficient (Wildman–Crippen LogP) is 1.43. The molecule has 3 rings (SSSR count). The number of carboxylic acids is 1. The van der Waals surface area contributed by atoms with Gasteiger partial charge in [0.15, 0.2) is 0 Å². The predicted molar refractivity (Wildman–Crippen MR) is 95.1 cm³/mol. The Balaban J connectivity index is 1.44. The molecule has 0 atom stereocenters. The van der Waals surface area contributed by atoms with Crippen molar-refractivity contribution >= 4 is 11.9 Å². The van der Waals surface area contributed by atoms with Gasteiger partial charge >= 0.3 is 5.97 Å². The Labute approximate surface area is 151 Å². The number of benzene rings is 1. The van der Waals surface area contributed by atoms with Crippen LogP contribution >= 0.6 is 0 Å². The molecule has 2 heterocycles. The molecule has 1 saturated heterocycles. The van der Waals surface area contributed by atoms with Crippen LogP contribution < -0.4 is 5.32 Å². The van der Waals surface area contributed by atoms with E-state index in [2.05, 4.69) is 25.1 Å². The Morgan fingerprint density at radius 2 is 1.69 bits per heavy atom. The minimum atomic E-state index is -0.950. The molecule has 0 aliphatic carbocycles. The topological polar surface area (TPSA) is 81.6 Å². The molecule has 26 heavy (non-hydrogen) atoms. The molecule has 0 unspecified atom stereocenters. The fourth-order valence-corrected chi connectivity index (χ4v) is 2.94. The van der Waals surface area contributed by atoms with Gasteiger partial charge in [-0.3, -0.25) is 14.6 Å². The lowest BCUT2D eigenvalue weighted by molar-refractivity contribution is -0.134. The first-order valence-electron chi connectivity index (χ1n) is 8.54. The highest BCUT2D eigenvalue weighted by Gasteiger charge is 2.17. The van der Waals surface area contributed by atoms with Crippen LogP contribution in [0.3, 0.4) is 0 Å². The van der Waals surface area contributed by atoms with Gasteiger partial charge in [-0.25, -0.2) is 14.4 Å². The van der Waals surface area contributed by atoms with Crippen LogP contribution in [0.25, 0.3) is 0 Å². The minimum Gasteiger partial charge on any atom is -0.480 e. The molecule has 1 aromatic carbocycles. The molecule has 138 valence electrons. The van der Waals surface area contributed by atoms with E-state index in [9.17, 15) is 9.18 Å². The third-order valence-electron chi connectivity index (χ3n) is 4.27. The second-order valence-corrected chi connectivity index (χ2v) is 6.34. The van der Waals surface area contributed by atoms with Crippen LogP contribution in [-0.2, 0) is 17.9 Å². The van der Waals surface area contributed by atoms with Crippen LogP contribution in [0, 0.1) is 5.82 Å². The summed E-state index contributed by atoms with van der Waals surface area (Å²) in [6.07, 6.45) is 3.44. The normalized spacial score (nSPS) is 15.7. The van der Waals surface area contributed by atoms with Gasteiger partial charge in [0, 0.05) is 57.2 Å². The third-order valence-corrected chi connectivity index (χ3v) is 4.27. The molecule has 1 aliphatic heterocycles. The molecule has 2 aromatic rings. The van der Waals surface area contributed by atoms with Crippen LogP contribution in [0.1, 0.15) is 11.1 Å². The Kier molecular flexibility index (Phi) is 6.08. The number of aromatic nitrogens is 2. The molecule has 1 fully saturated rings. The summed E-state index contributed by atoms with van der Waals surface area (Å²) in [6.45, 7) is 5.02. The van der Waals surface area contributed by atoms with Crippen LogP contribution in [0.15, 0.2) is 36.7 Å². The first-order chi connectivity index (χ1) is 12.6. The molecule has 7 nitrogen and oxygen atoms in total. The zero-order valence-corrected chi connectivity index (χ0v) is 14.4. The molecular weight excluding hydrogens is 337 g/mol. The summed E-state index contributed by atoms with van der Waals surface area (Å²) < 4.78 is 13.3. The fraction of sp³-hybridized carbons (Fsp3) is 0.389. The van der Waals surface area contributed by atoms with Gasteiger partial charge in [0.2, 0.25) is 5.95 Å².